The van der Waals surface area contributed by atoms with Crippen molar-refractivity contribution >= 4 is 21.6 Å². The van der Waals surface area contributed by atoms with Crippen molar-refractivity contribution in [1.82, 2.24) is 10.8 Å². The fourth-order valence-corrected chi connectivity index (χ4v) is 4.81. The van der Waals surface area contributed by atoms with Crippen molar-refractivity contribution in [1.29, 1.82) is 0 Å². The molecule has 1 spiro atoms. The number of carbonyl (C=O) groups is 1. The standard InChI is InChI=1S/C22H32FN3O4S/c1-5-21(2,3)16-8-10-22(11-9-16)13-19(25-30-22)20(27)24-14-15-6-7-18(17(23)12-15)26-31(4,28)29/h6-7,12-13,16,25-26H,5,8-11,14H2,1-4H3,(H,24,27). The molecule has 7 nitrogen and oxygen atoms in total. The third-order valence-electron chi connectivity index (χ3n) is 6.65. The molecule has 0 atom stereocenters. The first-order chi connectivity index (χ1) is 14.4. The van der Waals surface area contributed by atoms with Gasteiger partial charge in [-0.2, -0.15) is 0 Å². The zero-order valence-corrected chi connectivity index (χ0v) is 19.4. The molecule has 1 saturated carbocycles. The molecule has 3 N–H and O–H groups in total. The molecule has 0 aromatic heterocycles. The summed E-state index contributed by atoms with van der Waals surface area (Å²) in [5.74, 6) is -0.385. The molecule has 0 radical (unpaired) electrons. The number of anilines is 1. The number of benzene rings is 1. The van der Waals surface area contributed by atoms with E-state index in [0.29, 0.717) is 22.6 Å². The Labute approximate surface area is 183 Å². The van der Waals surface area contributed by atoms with Crippen LogP contribution < -0.4 is 15.5 Å². The van der Waals surface area contributed by atoms with E-state index in [-0.39, 0.29) is 18.1 Å². The van der Waals surface area contributed by atoms with E-state index in [2.05, 4.69) is 36.3 Å². The van der Waals surface area contributed by atoms with E-state index in [1.54, 1.807) is 6.07 Å². The van der Waals surface area contributed by atoms with Gasteiger partial charge in [-0.25, -0.2) is 12.8 Å². The lowest BCUT2D eigenvalue weighted by Crippen LogP contribution is -2.38. The van der Waals surface area contributed by atoms with Crippen LogP contribution in [0.1, 0.15) is 58.4 Å². The van der Waals surface area contributed by atoms with Gasteiger partial charge in [0.1, 0.15) is 17.1 Å². The number of hydrogen-bond acceptors (Lipinski definition) is 5. The van der Waals surface area contributed by atoms with Crippen molar-refractivity contribution in [3.05, 3.63) is 41.4 Å². The van der Waals surface area contributed by atoms with E-state index in [1.807, 2.05) is 6.08 Å². The van der Waals surface area contributed by atoms with E-state index < -0.39 is 21.4 Å². The maximum atomic E-state index is 14.1. The maximum Gasteiger partial charge on any atom is 0.269 e. The van der Waals surface area contributed by atoms with Crippen molar-refractivity contribution in [3.63, 3.8) is 0 Å². The first-order valence-corrected chi connectivity index (χ1v) is 12.5. The molecule has 9 heteroatoms. The van der Waals surface area contributed by atoms with Gasteiger partial charge >= 0.3 is 0 Å². The molecule has 0 unspecified atom stereocenters. The van der Waals surface area contributed by atoms with E-state index in [4.69, 9.17) is 4.84 Å². The summed E-state index contributed by atoms with van der Waals surface area (Å²) in [5, 5.41) is 2.74. The van der Waals surface area contributed by atoms with Crippen molar-refractivity contribution in [2.45, 2.75) is 65.0 Å². The normalized spacial score (nSPS) is 23.9. The Hall–Kier alpha value is -2.13. The van der Waals surface area contributed by atoms with E-state index in [9.17, 15) is 17.6 Å². The Morgan fingerprint density at radius 2 is 2.00 bits per heavy atom. The number of halogens is 1. The third-order valence-corrected chi connectivity index (χ3v) is 7.24. The van der Waals surface area contributed by atoms with Crippen LogP contribution in [0.2, 0.25) is 0 Å². The van der Waals surface area contributed by atoms with Gasteiger partial charge < -0.3 is 5.32 Å². The highest BCUT2D eigenvalue weighted by atomic mass is 32.2. The van der Waals surface area contributed by atoms with E-state index >= 15 is 0 Å². The number of hydrogen-bond donors (Lipinski definition) is 3. The summed E-state index contributed by atoms with van der Waals surface area (Å²) < 4.78 is 38.7. The Balaban J connectivity index is 1.57. The van der Waals surface area contributed by atoms with Gasteiger partial charge in [-0.1, -0.05) is 33.3 Å². The molecule has 3 rings (SSSR count). The number of nitrogens with one attached hydrogen (secondary N) is 3. The molecule has 1 amide bonds. The number of sulfonamides is 1. The third kappa shape index (κ3) is 5.77. The summed E-state index contributed by atoms with van der Waals surface area (Å²) in [7, 11) is -3.57. The van der Waals surface area contributed by atoms with Gasteiger partial charge in [0, 0.05) is 6.54 Å². The fourth-order valence-electron chi connectivity index (χ4n) is 4.24. The maximum absolute atomic E-state index is 14.1. The smallest absolute Gasteiger partial charge is 0.269 e. The molecule has 2 aliphatic rings. The zero-order valence-electron chi connectivity index (χ0n) is 18.5. The van der Waals surface area contributed by atoms with Gasteiger partial charge in [-0.3, -0.25) is 19.8 Å². The first-order valence-electron chi connectivity index (χ1n) is 10.6. The molecule has 1 aromatic carbocycles. The van der Waals surface area contributed by atoms with E-state index in [0.717, 1.165) is 38.4 Å². The average Bonchev–Trinajstić information content (AvgIpc) is 3.11. The van der Waals surface area contributed by atoms with Gasteiger partial charge in [-0.15, -0.1) is 0 Å². The van der Waals surface area contributed by atoms with Crippen LogP contribution in [0.3, 0.4) is 0 Å². The highest BCUT2D eigenvalue weighted by Crippen LogP contribution is 2.46. The van der Waals surface area contributed by atoms with Crippen LogP contribution in [0.5, 0.6) is 0 Å². The summed E-state index contributed by atoms with van der Waals surface area (Å²) in [6.45, 7) is 6.95. The monoisotopic (exact) mass is 453 g/mol. The molecule has 1 aliphatic heterocycles. The minimum Gasteiger partial charge on any atom is -0.347 e. The zero-order chi connectivity index (χ0) is 22.9. The van der Waals surface area contributed by atoms with Gasteiger partial charge in [0.25, 0.3) is 5.91 Å². The number of amides is 1. The largest absolute Gasteiger partial charge is 0.347 e. The molecule has 0 bridgehead atoms. The molecule has 31 heavy (non-hydrogen) atoms. The summed E-state index contributed by atoms with van der Waals surface area (Å²) >= 11 is 0. The van der Waals surface area contributed by atoms with Crippen molar-refractivity contribution in [2.75, 3.05) is 11.0 Å². The Morgan fingerprint density at radius 1 is 1.32 bits per heavy atom. The first kappa shape index (κ1) is 23.5. The second kappa shape index (κ2) is 8.78. The second-order valence-electron chi connectivity index (χ2n) is 9.31. The molecule has 0 saturated heterocycles. The van der Waals surface area contributed by atoms with Gasteiger partial charge in [-0.05, 0) is 60.8 Å². The number of hydroxylamine groups is 1. The SMILES string of the molecule is CCC(C)(C)C1CCC2(C=C(C(=O)NCc3ccc(NS(C)(=O)=O)c(F)c3)NO2)CC1. The average molecular weight is 454 g/mol. The molecular weight excluding hydrogens is 421 g/mol. The van der Waals surface area contributed by atoms with Crippen molar-refractivity contribution in [2.24, 2.45) is 11.3 Å². The summed E-state index contributed by atoms with van der Waals surface area (Å²) in [6.07, 6.45) is 7.81. The fraction of sp³-hybridized carbons (Fsp3) is 0.591. The predicted octanol–water partition coefficient (Wildman–Crippen LogP) is 3.60. The highest BCUT2D eigenvalue weighted by Gasteiger charge is 2.43. The number of carbonyl (C=O) groups excluding carboxylic acids is 1. The van der Waals surface area contributed by atoms with Gasteiger partial charge in [0.15, 0.2) is 0 Å². The van der Waals surface area contributed by atoms with Crippen LogP contribution in [0.25, 0.3) is 0 Å². The molecule has 172 valence electrons. The lowest BCUT2D eigenvalue weighted by molar-refractivity contribution is -0.120. The summed E-state index contributed by atoms with van der Waals surface area (Å²) in [6, 6.07) is 4.08. The molecule has 1 heterocycles. The van der Waals surface area contributed by atoms with Crippen LogP contribution >= 0.6 is 0 Å². The number of rotatable bonds is 7. The second-order valence-corrected chi connectivity index (χ2v) is 11.1. The lowest BCUT2D eigenvalue weighted by Gasteiger charge is -2.41. The van der Waals surface area contributed by atoms with Gasteiger partial charge in [0.05, 0.1) is 11.9 Å². The molecule has 1 fully saturated rings. The van der Waals surface area contributed by atoms with Crippen LogP contribution in [0.15, 0.2) is 30.0 Å². The lowest BCUT2D eigenvalue weighted by atomic mass is 9.66. The van der Waals surface area contributed by atoms with E-state index in [1.165, 1.54) is 12.1 Å². The van der Waals surface area contributed by atoms with Crippen LogP contribution in [0.4, 0.5) is 10.1 Å². The quantitative estimate of drug-likeness (QED) is 0.586. The summed E-state index contributed by atoms with van der Waals surface area (Å²) in [5.41, 5.74) is 3.37. The topological polar surface area (TPSA) is 96.5 Å². The van der Waals surface area contributed by atoms with Crippen LogP contribution in [-0.4, -0.2) is 26.2 Å². The van der Waals surface area contributed by atoms with Gasteiger partial charge in [0.2, 0.25) is 10.0 Å². The molecular formula is C22H32FN3O4S. The van der Waals surface area contributed by atoms with Crippen molar-refractivity contribution < 1.29 is 22.4 Å². The Bertz CT molecular complexity index is 967. The molecule has 1 aliphatic carbocycles. The minimum absolute atomic E-state index is 0.105. The van der Waals surface area contributed by atoms with Crippen molar-refractivity contribution in [3.8, 4) is 0 Å². The Morgan fingerprint density at radius 3 is 2.58 bits per heavy atom. The summed E-state index contributed by atoms with van der Waals surface area (Å²) in [4.78, 5) is 18.4. The molecule has 1 aromatic rings. The highest BCUT2D eigenvalue weighted by molar-refractivity contribution is 7.92. The minimum atomic E-state index is -3.57. The Kier molecular flexibility index (Phi) is 6.67. The van der Waals surface area contributed by atoms with Crippen LogP contribution in [-0.2, 0) is 26.2 Å². The van der Waals surface area contributed by atoms with Crippen LogP contribution in [0, 0.1) is 17.2 Å². The predicted molar refractivity (Wildman–Crippen MR) is 118 cm³/mol.